The van der Waals surface area contributed by atoms with Gasteiger partial charge in [-0.3, -0.25) is 9.69 Å². The van der Waals surface area contributed by atoms with Gasteiger partial charge in [-0.15, -0.1) is 12.4 Å². The third-order valence-electron chi connectivity index (χ3n) is 3.46. The van der Waals surface area contributed by atoms with E-state index in [1.54, 1.807) is 0 Å². The van der Waals surface area contributed by atoms with Crippen molar-refractivity contribution >= 4 is 35.6 Å². The zero-order chi connectivity index (χ0) is 16.7. The molecule has 0 radical (unpaired) electrons. The van der Waals surface area contributed by atoms with Gasteiger partial charge in [-0.05, 0) is 30.2 Å². The Bertz CT molecular complexity index is 650. The van der Waals surface area contributed by atoms with E-state index in [4.69, 9.17) is 17.3 Å². The lowest BCUT2D eigenvalue weighted by molar-refractivity contribution is -0.117. The summed E-state index contributed by atoms with van der Waals surface area (Å²) in [6.07, 6.45) is 0. The minimum atomic E-state index is -0.0971. The molecule has 3 N–H and O–H groups in total. The minimum Gasteiger partial charge on any atom is -0.329 e. The molecule has 2 aromatic carbocycles. The van der Waals surface area contributed by atoms with Crippen molar-refractivity contribution in [3.8, 4) is 0 Å². The second-order valence-corrected chi connectivity index (χ2v) is 5.92. The Labute approximate surface area is 154 Å². The fourth-order valence-corrected chi connectivity index (χ4v) is 2.63. The Morgan fingerprint density at radius 3 is 2.54 bits per heavy atom. The van der Waals surface area contributed by atoms with Gasteiger partial charge in [-0.1, -0.05) is 48.0 Å². The molecule has 0 aromatic heterocycles. The normalized spacial score (nSPS) is 10.3. The molecule has 1 amide bonds. The van der Waals surface area contributed by atoms with Crippen molar-refractivity contribution in [1.29, 1.82) is 0 Å². The van der Waals surface area contributed by atoms with Crippen molar-refractivity contribution < 1.29 is 4.79 Å². The number of carbonyl (C=O) groups excluding carboxylic acids is 1. The van der Waals surface area contributed by atoms with Gasteiger partial charge in [0.2, 0.25) is 5.91 Å². The molecule has 24 heavy (non-hydrogen) atoms. The molecule has 0 saturated heterocycles. The topological polar surface area (TPSA) is 58.4 Å². The van der Waals surface area contributed by atoms with Crippen molar-refractivity contribution in [2.45, 2.75) is 13.5 Å². The average Bonchev–Trinajstić information content (AvgIpc) is 2.51. The van der Waals surface area contributed by atoms with Crippen molar-refractivity contribution in [3.63, 3.8) is 0 Å². The van der Waals surface area contributed by atoms with Gasteiger partial charge in [0.25, 0.3) is 0 Å². The molecule has 0 heterocycles. The summed E-state index contributed by atoms with van der Waals surface area (Å²) in [5.74, 6) is -0.0971. The fourth-order valence-electron chi connectivity index (χ4n) is 2.35. The van der Waals surface area contributed by atoms with Crippen LogP contribution in [-0.2, 0) is 11.3 Å². The highest BCUT2D eigenvalue weighted by atomic mass is 35.5. The summed E-state index contributed by atoms with van der Waals surface area (Å²) < 4.78 is 0. The molecule has 4 nitrogen and oxygen atoms in total. The molecule has 130 valence electrons. The van der Waals surface area contributed by atoms with Crippen LogP contribution in [0.2, 0.25) is 5.02 Å². The number of aryl methyl sites for hydroxylation is 1. The second-order valence-electron chi connectivity index (χ2n) is 5.52. The predicted molar refractivity (Wildman–Crippen MR) is 103 cm³/mol. The maximum absolute atomic E-state index is 12.3. The van der Waals surface area contributed by atoms with Gasteiger partial charge >= 0.3 is 0 Å². The molecule has 0 aliphatic heterocycles. The van der Waals surface area contributed by atoms with E-state index >= 15 is 0 Å². The highest BCUT2D eigenvalue weighted by Gasteiger charge is 2.12. The Balaban J connectivity index is 0.00000288. The molecule has 0 saturated carbocycles. The number of nitrogens with one attached hydrogen (secondary N) is 1. The highest BCUT2D eigenvalue weighted by molar-refractivity contribution is 6.33. The molecule has 0 aliphatic carbocycles. The maximum Gasteiger partial charge on any atom is 0.238 e. The third-order valence-corrected chi connectivity index (χ3v) is 3.77. The molecule has 6 heteroatoms. The average molecular weight is 368 g/mol. The van der Waals surface area contributed by atoms with Gasteiger partial charge in [0, 0.05) is 19.6 Å². The van der Waals surface area contributed by atoms with Crippen LogP contribution >= 0.6 is 24.0 Å². The summed E-state index contributed by atoms with van der Waals surface area (Å²) in [6, 6.07) is 15.6. The van der Waals surface area contributed by atoms with Gasteiger partial charge in [0.1, 0.15) is 0 Å². The zero-order valence-corrected chi connectivity index (χ0v) is 15.2. The van der Waals surface area contributed by atoms with Crippen LogP contribution in [0.15, 0.2) is 48.5 Å². The number of carbonyl (C=O) groups is 1. The summed E-state index contributed by atoms with van der Waals surface area (Å²) in [7, 11) is 0. The Kier molecular flexibility index (Phi) is 8.79. The largest absolute Gasteiger partial charge is 0.329 e. The first-order valence-electron chi connectivity index (χ1n) is 7.61. The van der Waals surface area contributed by atoms with E-state index in [1.165, 1.54) is 0 Å². The monoisotopic (exact) mass is 367 g/mol. The van der Waals surface area contributed by atoms with E-state index in [1.807, 2.05) is 60.4 Å². The Hall–Kier alpha value is -1.59. The van der Waals surface area contributed by atoms with Crippen LogP contribution in [0.25, 0.3) is 0 Å². The van der Waals surface area contributed by atoms with Crippen LogP contribution in [0, 0.1) is 6.92 Å². The summed E-state index contributed by atoms with van der Waals surface area (Å²) in [5.41, 5.74) is 8.50. The number of anilines is 1. The summed E-state index contributed by atoms with van der Waals surface area (Å²) in [6.45, 7) is 4.08. The van der Waals surface area contributed by atoms with Gasteiger partial charge in [-0.25, -0.2) is 0 Å². The van der Waals surface area contributed by atoms with Crippen molar-refractivity contribution in [2.24, 2.45) is 5.73 Å². The van der Waals surface area contributed by atoms with Crippen molar-refractivity contribution in [2.75, 3.05) is 25.0 Å². The molecule has 0 fully saturated rings. The van der Waals surface area contributed by atoms with E-state index in [0.717, 1.165) is 11.1 Å². The van der Waals surface area contributed by atoms with E-state index in [0.29, 0.717) is 30.3 Å². The van der Waals surface area contributed by atoms with Crippen LogP contribution < -0.4 is 11.1 Å². The van der Waals surface area contributed by atoms with Crippen molar-refractivity contribution in [1.82, 2.24) is 4.90 Å². The molecule has 0 unspecified atom stereocenters. The number of halogens is 2. The van der Waals surface area contributed by atoms with Gasteiger partial charge < -0.3 is 11.1 Å². The smallest absolute Gasteiger partial charge is 0.238 e. The zero-order valence-electron chi connectivity index (χ0n) is 13.7. The quantitative estimate of drug-likeness (QED) is 0.787. The number of hydrogen-bond acceptors (Lipinski definition) is 3. The fraction of sp³-hybridized carbons (Fsp3) is 0.278. The van der Waals surface area contributed by atoms with Crippen LogP contribution in [0.4, 0.5) is 5.69 Å². The van der Waals surface area contributed by atoms with Gasteiger partial charge in [-0.2, -0.15) is 0 Å². The number of rotatable bonds is 7. The lowest BCUT2D eigenvalue weighted by Gasteiger charge is -2.21. The molecule has 0 atom stereocenters. The number of benzene rings is 2. The summed E-state index contributed by atoms with van der Waals surface area (Å²) >= 11 is 6.15. The first-order chi connectivity index (χ1) is 11.1. The maximum atomic E-state index is 12.3. The number of hydrogen-bond donors (Lipinski definition) is 2. The first kappa shape index (κ1) is 20.5. The van der Waals surface area contributed by atoms with Crippen LogP contribution in [-0.4, -0.2) is 30.4 Å². The SMILES string of the molecule is Cc1ccc(NC(=O)CN(CCN)Cc2ccccc2)c(Cl)c1.Cl. The van der Waals surface area contributed by atoms with E-state index in [-0.39, 0.29) is 24.9 Å². The lowest BCUT2D eigenvalue weighted by Crippen LogP contribution is -2.36. The molecular formula is C18H23Cl2N3O. The molecule has 0 aliphatic rings. The van der Waals surface area contributed by atoms with Crippen LogP contribution in [0.3, 0.4) is 0 Å². The minimum absolute atomic E-state index is 0. The molecule has 0 bridgehead atoms. The Morgan fingerprint density at radius 1 is 1.21 bits per heavy atom. The van der Waals surface area contributed by atoms with Gasteiger partial charge in [0.05, 0.1) is 17.3 Å². The number of nitrogens with two attached hydrogens (primary N) is 1. The summed E-state index contributed by atoms with van der Waals surface area (Å²) in [5, 5.41) is 3.41. The molecule has 0 spiro atoms. The van der Waals surface area contributed by atoms with E-state index < -0.39 is 0 Å². The van der Waals surface area contributed by atoms with Crippen LogP contribution in [0.1, 0.15) is 11.1 Å². The standard InChI is InChI=1S/C18H22ClN3O.ClH/c1-14-7-8-17(16(19)11-14)21-18(23)13-22(10-9-20)12-15-5-3-2-4-6-15;/h2-8,11H,9-10,12-13,20H2,1H3,(H,21,23);1H. The molecular weight excluding hydrogens is 345 g/mol. The lowest BCUT2D eigenvalue weighted by atomic mass is 10.2. The summed E-state index contributed by atoms with van der Waals surface area (Å²) in [4.78, 5) is 14.3. The predicted octanol–water partition coefficient (Wildman–Crippen LogP) is 3.47. The molecule has 2 aromatic rings. The van der Waals surface area contributed by atoms with E-state index in [9.17, 15) is 4.79 Å². The van der Waals surface area contributed by atoms with Crippen LogP contribution in [0.5, 0.6) is 0 Å². The Morgan fingerprint density at radius 2 is 1.92 bits per heavy atom. The number of nitrogens with zero attached hydrogens (tertiary/aromatic N) is 1. The molecule has 2 rings (SSSR count). The first-order valence-corrected chi connectivity index (χ1v) is 7.98. The van der Waals surface area contributed by atoms with Gasteiger partial charge in [0.15, 0.2) is 0 Å². The van der Waals surface area contributed by atoms with E-state index in [2.05, 4.69) is 5.32 Å². The third kappa shape index (κ3) is 6.49. The van der Waals surface area contributed by atoms with Crippen molar-refractivity contribution in [3.05, 3.63) is 64.7 Å². The highest BCUT2D eigenvalue weighted by Crippen LogP contribution is 2.22. The number of amides is 1. The second kappa shape index (κ2) is 10.3.